The van der Waals surface area contributed by atoms with E-state index >= 15 is 0 Å². The van der Waals surface area contributed by atoms with Gasteiger partial charge in [-0.3, -0.25) is 4.55 Å². The van der Waals surface area contributed by atoms with E-state index in [4.69, 9.17) is 0 Å². The van der Waals surface area contributed by atoms with Gasteiger partial charge in [-0.1, -0.05) is 97.3 Å². The lowest BCUT2D eigenvalue weighted by Gasteiger charge is -2.13. The molecule has 0 heterocycles. The highest BCUT2D eigenvalue weighted by molar-refractivity contribution is 7.86. The summed E-state index contributed by atoms with van der Waals surface area (Å²) in [5.74, 6) is 0. The zero-order valence-corrected chi connectivity index (χ0v) is 18.1. The van der Waals surface area contributed by atoms with Crippen molar-refractivity contribution in [1.29, 1.82) is 0 Å². The second-order valence-corrected chi connectivity index (χ2v) is 9.50. The molecule has 0 aromatic carbocycles. The molecule has 0 aromatic heterocycles. The van der Waals surface area contributed by atoms with Gasteiger partial charge < -0.3 is 5.11 Å². The Morgan fingerprint density at radius 3 is 1.42 bits per heavy atom. The Labute approximate surface area is 162 Å². The van der Waals surface area contributed by atoms with Crippen LogP contribution in [0.4, 0.5) is 0 Å². The molecule has 0 aliphatic heterocycles. The quantitative estimate of drug-likeness (QED) is 0.200. The zero-order chi connectivity index (χ0) is 19.7. The number of hydrogen-bond donors (Lipinski definition) is 2. The summed E-state index contributed by atoms with van der Waals surface area (Å²) in [5.41, 5.74) is 0. The predicted octanol–water partition coefficient (Wildman–Crippen LogP) is 6.28. The average Bonchev–Trinajstić information content (AvgIpc) is 2.59. The summed E-state index contributed by atoms with van der Waals surface area (Å²) in [4.78, 5) is 0. The lowest BCUT2D eigenvalue weighted by molar-refractivity contribution is 0.156. The van der Waals surface area contributed by atoms with Crippen LogP contribution in [0, 0.1) is 0 Å². The van der Waals surface area contributed by atoms with Gasteiger partial charge in [0.2, 0.25) is 0 Å². The van der Waals surface area contributed by atoms with Gasteiger partial charge in [0.05, 0.1) is 11.4 Å². The van der Waals surface area contributed by atoms with E-state index in [1.807, 2.05) is 6.92 Å². The standard InChI is InChI=1S/C21H44O4S/c1-3-5-6-11-15-18-21(26(23,24)25)19-16-13-10-8-7-9-12-14-17-20(22)4-2/h20-22H,3-19H2,1-2H3,(H,23,24,25). The van der Waals surface area contributed by atoms with Crippen LogP contribution in [0.5, 0.6) is 0 Å². The molecule has 0 radical (unpaired) electrons. The van der Waals surface area contributed by atoms with Gasteiger partial charge >= 0.3 is 0 Å². The van der Waals surface area contributed by atoms with Crippen LogP contribution in [0.2, 0.25) is 0 Å². The van der Waals surface area contributed by atoms with Crippen molar-refractivity contribution in [2.75, 3.05) is 0 Å². The lowest BCUT2D eigenvalue weighted by atomic mass is 10.0. The molecule has 158 valence electrons. The first-order valence-electron chi connectivity index (χ1n) is 11.1. The normalized spacial score (nSPS) is 14.5. The maximum atomic E-state index is 11.5. The van der Waals surface area contributed by atoms with E-state index in [9.17, 15) is 18.1 Å². The Morgan fingerprint density at radius 1 is 0.654 bits per heavy atom. The Balaban J connectivity index is 3.64. The Kier molecular flexibility index (Phi) is 16.9. The van der Waals surface area contributed by atoms with Crippen LogP contribution in [0.15, 0.2) is 0 Å². The van der Waals surface area contributed by atoms with Crippen LogP contribution in [0.3, 0.4) is 0 Å². The molecule has 0 saturated carbocycles. The molecule has 5 heteroatoms. The van der Waals surface area contributed by atoms with Crippen LogP contribution >= 0.6 is 0 Å². The van der Waals surface area contributed by atoms with Gasteiger partial charge in [0, 0.05) is 0 Å². The molecule has 0 amide bonds. The van der Waals surface area contributed by atoms with Crippen molar-refractivity contribution in [3.63, 3.8) is 0 Å². The molecule has 26 heavy (non-hydrogen) atoms. The Hall–Kier alpha value is -0.130. The van der Waals surface area contributed by atoms with E-state index in [1.165, 1.54) is 38.5 Å². The van der Waals surface area contributed by atoms with Crippen molar-refractivity contribution >= 4 is 10.1 Å². The molecule has 0 aliphatic carbocycles. The number of hydrogen-bond acceptors (Lipinski definition) is 3. The zero-order valence-electron chi connectivity index (χ0n) is 17.3. The van der Waals surface area contributed by atoms with Crippen LogP contribution in [-0.4, -0.2) is 29.4 Å². The molecule has 4 nitrogen and oxygen atoms in total. The molecule has 0 aliphatic rings. The first kappa shape index (κ1) is 25.9. The van der Waals surface area contributed by atoms with Gasteiger partial charge in [0.15, 0.2) is 0 Å². The average molecular weight is 393 g/mol. The molecular weight excluding hydrogens is 348 g/mol. The van der Waals surface area contributed by atoms with Gasteiger partial charge in [-0.2, -0.15) is 8.42 Å². The highest BCUT2D eigenvalue weighted by atomic mass is 32.2. The van der Waals surface area contributed by atoms with Crippen molar-refractivity contribution in [2.45, 2.75) is 134 Å². The third-order valence-electron chi connectivity index (χ3n) is 5.34. The summed E-state index contributed by atoms with van der Waals surface area (Å²) in [6.07, 6.45) is 17.4. The fourth-order valence-corrected chi connectivity index (χ4v) is 4.36. The van der Waals surface area contributed by atoms with Crippen molar-refractivity contribution in [2.24, 2.45) is 0 Å². The first-order valence-corrected chi connectivity index (χ1v) is 12.6. The summed E-state index contributed by atoms with van der Waals surface area (Å²) in [7, 11) is -3.90. The van der Waals surface area contributed by atoms with E-state index in [2.05, 4.69) is 6.92 Å². The molecule has 2 N–H and O–H groups in total. The van der Waals surface area contributed by atoms with E-state index < -0.39 is 15.4 Å². The van der Waals surface area contributed by atoms with Crippen molar-refractivity contribution in [3.8, 4) is 0 Å². The topological polar surface area (TPSA) is 74.6 Å². The highest BCUT2D eigenvalue weighted by Gasteiger charge is 2.21. The SMILES string of the molecule is CCCCCCCC(CCCCCCCCCCC(O)CC)S(=O)(=O)O. The number of rotatable bonds is 19. The smallest absolute Gasteiger partial charge is 0.267 e. The summed E-state index contributed by atoms with van der Waals surface area (Å²) in [5, 5.41) is 8.93. The molecule has 2 unspecified atom stereocenters. The second kappa shape index (κ2) is 17.0. The summed E-state index contributed by atoms with van der Waals surface area (Å²) >= 11 is 0. The second-order valence-electron chi connectivity index (χ2n) is 7.81. The molecule has 0 rings (SSSR count). The monoisotopic (exact) mass is 392 g/mol. The Bertz CT molecular complexity index is 395. The number of unbranched alkanes of at least 4 members (excludes halogenated alkanes) is 11. The van der Waals surface area contributed by atoms with Gasteiger partial charge in [0.25, 0.3) is 10.1 Å². The third kappa shape index (κ3) is 16.1. The van der Waals surface area contributed by atoms with Crippen molar-refractivity contribution in [1.82, 2.24) is 0 Å². The van der Waals surface area contributed by atoms with Gasteiger partial charge in [-0.05, 0) is 25.7 Å². The van der Waals surface area contributed by atoms with Gasteiger partial charge in [0.1, 0.15) is 0 Å². The summed E-state index contributed by atoms with van der Waals surface area (Å²) in [6.45, 7) is 4.18. The molecular formula is C21H44O4S. The predicted molar refractivity (Wildman–Crippen MR) is 111 cm³/mol. The van der Waals surface area contributed by atoms with Gasteiger partial charge in [-0.25, -0.2) is 0 Å². The van der Waals surface area contributed by atoms with Gasteiger partial charge in [-0.15, -0.1) is 0 Å². The number of aliphatic hydroxyl groups excluding tert-OH is 1. The summed E-state index contributed by atoms with van der Waals surface area (Å²) < 4.78 is 32.5. The Morgan fingerprint density at radius 2 is 1.04 bits per heavy atom. The van der Waals surface area contributed by atoms with E-state index in [-0.39, 0.29) is 6.10 Å². The van der Waals surface area contributed by atoms with E-state index in [0.717, 1.165) is 57.8 Å². The fraction of sp³-hybridized carbons (Fsp3) is 1.00. The molecule has 0 aromatic rings. The lowest BCUT2D eigenvalue weighted by Crippen LogP contribution is -2.20. The maximum absolute atomic E-state index is 11.5. The van der Waals surface area contributed by atoms with Crippen molar-refractivity contribution in [3.05, 3.63) is 0 Å². The van der Waals surface area contributed by atoms with Crippen LogP contribution in [0.1, 0.15) is 123 Å². The minimum Gasteiger partial charge on any atom is -0.393 e. The van der Waals surface area contributed by atoms with Crippen LogP contribution in [-0.2, 0) is 10.1 Å². The van der Waals surface area contributed by atoms with E-state index in [1.54, 1.807) is 0 Å². The molecule has 0 bridgehead atoms. The van der Waals surface area contributed by atoms with E-state index in [0.29, 0.717) is 12.8 Å². The fourth-order valence-electron chi connectivity index (χ4n) is 3.43. The minimum atomic E-state index is -3.90. The van der Waals surface area contributed by atoms with Crippen LogP contribution in [0.25, 0.3) is 0 Å². The first-order chi connectivity index (χ1) is 12.4. The largest absolute Gasteiger partial charge is 0.393 e. The summed E-state index contributed by atoms with van der Waals surface area (Å²) in [6, 6.07) is 0. The third-order valence-corrected chi connectivity index (χ3v) is 6.65. The minimum absolute atomic E-state index is 0.127. The molecule has 2 atom stereocenters. The molecule has 0 spiro atoms. The van der Waals surface area contributed by atoms with Crippen molar-refractivity contribution < 1.29 is 18.1 Å². The van der Waals surface area contributed by atoms with Crippen LogP contribution < -0.4 is 0 Å². The number of aliphatic hydroxyl groups is 1. The maximum Gasteiger partial charge on any atom is 0.267 e. The molecule has 0 fully saturated rings. The highest BCUT2D eigenvalue weighted by Crippen LogP contribution is 2.19. The molecule has 0 saturated heterocycles.